The molecule has 0 aromatic heterocycles. The quantitative estimate of drug-likeness (QED) is 0.267. The minimum Gasteiger partial charge on any atom is -0.460 e. The van der Waals surface area contributed by atoms with Crippen LogP contribution >= 0.6 is 15.9 Å². The average Bonchev–Trinajstić information content (AvgIpc) is 2.48. The maximum absolute atomic E-state index is 12.0. The number of nitrogens with zero attached hydrogens (tertiary/aromatic N) is 1. The molecule has 0 bridgehead atoms. The molecule has 0 saturated carbocycles. The van der Waals surface area contributed by atoms with Crippen molar-refractivity contribution < 1.29 is 19.2 Å². The van der Waals surface area contributed by atoms with E-state index in [2.05, 4.69) is 27.2 Å². The van der Waals surface area contributed by atoms with E-state index in [1.54, 1.807) is 13.8 Å². The van der Waals surface area contributed by atoms with Crippen molar-refractivity contribution in [1.82, 2.24) is 5.32 Å². The van der Waals surface area contributed by atoms with E-state index in [0.29, 0.717) is 0 Å². The first-order chi connectivity index (χ1) is 10.7. The third-order valence-corrected chi connectivity index (χ3v) is 3.07. The van der Waals surface area contributed by atoms with Gasteiger partial charge in [0, 0.05) is 0 Å². The first kappa shape index (κ1) is 18.6. The van der Waals surface area contributed by atoms with E-state index in [4.69, 9.17) is 11.2 Å². The number of nitro groups is 1. The second kappa shape index (κ2) is 7.74. The maximum atomic E-state index is 12.0. The van der Waals surface area contributed by atoms with Crippen LogP contribution in [0.15, 0.2) is 18.2 Å². The maximum Gasteiger partial charge on any atom is 0.322 e. The summed E-state index contributed by atoms with van der Waals surface area (Å²) in [6.07, 6.45) is 5.04. The van der Waals surface area contributed by atoms with Gasteiger partial charge in [0.2, 0.25) is 0 Å². The molecule has 0 radical (unpaired) electrons. The molecule has 0 aliphatic rings. The number of nitro benzene ring substituents is 1. The molecule has 23 heavy (non-hydrogen) atoms. The highest BCUT2D eigenvalue weighted by Crippen LogP contribution is 2.26. The normalized spacial score (nSPS) is 10.5. The van der Waals surface area contributed by atoms with Gasteiger partial charge in [-0.15, -0.1) is 6.42 Å². The van der Waals surface area contributed by atoms with Gasteiger partial charge in [-0.25, -0.2) is 0 Å². The molecule has 0 unspecified atom stereocenters. The predicted molar refractivity (Wildman–Crippen MR) is 87.1 cm³/mol. The van der Waals surface area contributed by atoms with E-state index >= 15 is 0 Å². The Bertz CT molecular complexity index is 673. The Morgan fingerprint density at radius 3 is 2.65 bits per heavy atom. The number of hydrogen-bond acceptors (Lipinski definition) is 5. The van der Waals surface area contributed by atoms with Crippen LogP contribution in [-0.2, 0) is 16.1 Å². The summed E-state index contributed by atoms with van der Waals surface area (Å²) in [7, 11) is 0. The summed E-state index contributed by atoms with van der Waals surface area (Å²) in [6.45, 7) is 2.81. The van der Waals surface area contributed by atoms with Gasteiger partial charge < -0.3 is 10.1 Å². The first-order valence-corrected chi connectivity index (χ1v) is 7.32. The summed E-state index contributed by atoms with van der Waals surface area (Å²) in [4.78, 5) is 34.3. The molecule has 7 nitrogen and oxygen atoms in total. The van der Waals surface area contributed by atoms with Crippen molar-refractivity contribution in [3.05, 3.63) is 39.4 Å². The van der Waals surface area contributed by atoms with Crippen LogP contribution in [0.25, 0.3) is 0 Å². The van der Waals surface area contributed by atoms with E-state index in [1.807, 2.05) is 0 Å². The molecule has 0 aliphatic carbocycles. The number of hydrogen-bond donors (Lipinski definition) is 1. The molecule has 1 aromatic rings. The van der Waals surface area contributed by atoms with Gasteiger partial charge in [-0.2, -0.15) is 0 Å². The fraction of sp³-hybridized carbons (Fsp3) is 0.333. The lowest BCUT2D eigenvalue weighted by molar-refractivity contribution is -0.386. The third kappa shape index (κ3) is 5.07. The summed E-state index contributed by atoms with van der Waals surface area (Å²) in [5, 5.41) is 13.7. The molecule has 0 heterocycles. The fourth-order valence-corrected chi connectivity index (χ4v) is 1.76. The van der Waals surface area contributed by atoms with Crippen LogP contribution in [0.2, 0.25) is 0 Å². The number of ether oxygens (including phenoxy) is 1. The van der Waals surface area contributed by atoms with Crippen LogP contribution in [0.5, 0.6) is 0 Å². The Hall–Kier alpha value is -2.40. The van der Waals surface area contributed by atoms with Crippen molar-refractivity contribution in [3.63, 3.8) is 0 Å². The van der Waals surface area contributed by atoms with Gasteiger partial charge in [-0.05, 0) is 26.0 Å². The average molecular weight is 383 g/mol. The minimum absolute atomic E-state index is 0.0486. The van der Waals surface area contributed by atoms with Crippen molar-refractivity contribution in [2.45, 2.75) is 24.8 Å². The second-order valence-corrected chi connectivity index (χ2v) is 6.99. The molecule has 1 amide bonds. The number of carbonyl (C=O) groups excluding carboxylic acids is 2. The monoisotopic (exact) mass is 382 g/mol. The number of alkyl halides is 1. The zero-order valence-electron chi connectivity index (χ0n) is 12.6. The largest absolute Gasteiger partial charge is 0.460 e. The minimum atomic E-state index is -0.913. The number of halogens is 1. The number of amides is 1. The van der Waals surface area contributed by atoms with E-state index in [-0.39, 0.29) is 24.3 Å². The van der Waals surface area contributed by atoms with E-state index in [9.17, 15) is 19.7 Å². The summed E-state index contributed by atoms with van der Waals surface area (Å²) in [5.41, 5.74) is -0.437. The second-order valence-electron chi connectivity index (χ2n) is 5.01. The summed E-state index contributed by atoms with van der Waals surface area (Å²) < 4.78 is 4.13. The molecule has 0 saturated heterocycles. The molecular weight excluding hydrogens is 368 g/mol. The lowest BCUT2D eigenvalue weighted by Gasteiger charge is -2.15. The molecule has 1 rings (SSSR count). The number of rotatable bonds is 6. The standard InChI is InChI=1S/C15H15BrN2O5/c1-4-8-17-13(19)11-7-5-6-10(12(11)18(21)22)9-23-14(20)15(2,3)16/h1,5-7H,8-9H2,2-3H3,(H,17,19). The predicted octanol–water partition coefficient (Wildman–Crippen LogP) is 2.17. The van der Waals surface area contributed by atoms with Crippen LogP contribution in [0, 0.1) is 22.5 Å². The van der Waals surface area contributed by atoms with Crippen molar-refractivity contribution >= 4 is 33.5 Å². The number of esters is 1. The SMILES string of the molecule is C#CCNC(=O)c1cccc(COC(=O)C(C)(C)Br)c1[N+](=O)[O-]. The van der Waals surface area contributed by atoms with Gasteiger partial charge in [0.1, 0.15) is 16.5 Å². The van der Waals surface area contributed by atoms with Gasteiger partial charge >= 0.3 is 5.97 Å². The highest BCUT2D eigenvalue weighted by atomic mass is 79.9. The molecule has 1 aromatic carbocycles. The molecule has 0 atom stereocenters. The van der Waals surface area contributed by atoms with Crippen LogP contribution in [0.4, 0.5) is 5.69 Å². The lowest BCUT2D eigenvalue weighted by atomic mass is 10.1. The topological polar surface area (TPSA) is 98.5 Å². The fourth-order valence-electron chi connectivity index (χ4n) is 1.65. The van der Waals surface area contributed by atoms with Gasteiger partial charge in [-0.3, -0.25) is 19.7 Å². The van der Waals surface area contributed by atoms with Crippen LogP contribution in [0.3, 0.4) is 0 Å². The lowest BCUT2D eigenvalue weighted by Crippen LogP contribution is -2.27. The molecule has 8 heteroatoms. The number of carbonyl (C=O) groups is 2. The molecular formula is C15H15BrN2O5. The Kier molecular flexibility index (Phi) is 6.28. The number of para-hydroxylation sites is 1. The number of benzene rings is 1. The number of nitrogens with one attached hydrogen (secondary N) is 1. The zero-order valence-corrected chi connectivity index (χ0v) is 14.2. The summed E-state index contributed by atoms with van der Waals surface area (Å²) in [5.74, 6) is 0.974. The molecule has 122 valence electrons. The molecule has 0 fully saturated rings. The molecule has 0 spiro atoms. The third-order valence-electron chi connectivity index (χ3n) is 2.74. The van der Waals surface area contributed by atoms with Gasteiger partial charge in [0.15, 0.2) is 0 Å². The first-order valence-electron chi connectivity index (χ1n) is 6.52. The van der Waals surface area contributed by atoms with Crippen molar-refractivity contribution in [3.8, 4) is 12.3 Å². The van der Waals surface area contributed by atoms with Crippen molar-refractivity contribution in [2.24, 2.45) is 0 Å². The van der Waals surface area contributed by atoms with E-state index in [1.165, 1.54) is 18.2 Å². The highest BCUT2D eigenvalue weighted by molar-refractivity contribution is 9.10. The van der Waals surface area contributed by atoms with Gasteiger partial charge in [-0.1, -0.05) is 27.9 Å². The highest BCUT2D eigenvalue weighted by Gasteiger charge is 2.28. The Labute approximate surface area is 141 Å². The summed E-state index contributed by atoms with van der Waals surface area (Å²) in [6, 6.07) is 4.20. The van der Waals surface area contributed by atoms with E-state index in [0.717, 1.165) is 0 Å². The Balaban J connectivity index is 3.09. The Morgan fingerprint density at radius 1 is 1.48 bits per heavy atom. The van der Waals surface area contributed by atoms with Gasteiger partial charge in [0.25, 0.3) is 11.6 Å². The smallest absolute Gasteiger partial charge is 0.322 e. The summed E-state index contributed by atoms with van der Waals surface area (Å²) >= 11 is 3.14. The van der Waals surface area contributed by atoms with Crippen molar-refractivity contribution in [2.75, 3.05) is 6.54 Å². The van der Waals surface area contributed by atoms with Crippen LogP contribution in [-0.4, -0.2) is 27.7 Å². The zero-order chi connectivity index (χ0) is 17.6. The van der Waals surface area contributed by atoms with E-state index < -0.39 is 26.8 Å². The molecule has 1 N–H and O–H groups in total. The number of terminal acetylenes is 1. The van der Waals surface area contributed by atoms with Gasteiger partial charge in [0.05, 0.1) is 17.0 Å². The van der Waals surface area contributed by atoms with Crippen LogP contribution < -0.4 is 5.32 Å². The van der Waals surface area contributed by atoms with Crippen LogP contribution in [0.1, 0.15) is 29.8 Å². The van der Waals surface area contributed by atoms with Crippen molar-refractivity contribution in [1.29, 1.82) is 0 Å². The Morgan fingerprint density at radius 2 is 2.13 bits per heavy atom. The molecule has 0 aliphatic heterocycles.